The van der Waals surface area contributed by atoms with E-state index in [0.29, 0.717) is 21.4 Å². The Morgan fingerprint density at radius 2 is 2.00 bits per heavy atom. The summed E-state index contributed by atoms with van der Waals surface area (Å²) in [6, 6.07) is 10.1. The maximum absolute atomic E-state index is 11.8. The van der Waals surface area contributed by atoms with E-state index in [2.05, 4.69) is 10.3 Å². The first-order valence-corrected chi connectivity index (χ1v) is 5.59. The van der Waals surface area contributed by atoms with Gasteiger partial charge < -0.3 is 5.32 Å². The van der Waals surface area contributed by atoms with Gasteiger partial charge in [0.1, 0.15) is 5.15 Å². The highest BCUT2D eigenvalue weighted by Gasteiger charge is 2.06. The standard InChI is InChI=1S/C12H8Cl2N2O/c13-9-2-1-3-10(6-9)16-12(17)8-4-5-11(14)15-7-8/h1-7H,(H,16,17). The summed E-state index contributed by atoms with van der Waals surface area (Å²) >= 11 is 11.5. The summed E-state index contributed by atoms with van der Waals surface area (Å²) in [5, 5.41) is 3.63. The van der Waals surface area contributed by atoms with Crippen LogP contribution < -0.4 is 5.32 Å². The molecular weight excluding hydrogens is 259 g/mol. The van der Waals surface area contributed by atoms with Gasteiger partial charge >= 0.3 is 0 Å². The average molecular weight is 267 g/mol. The van der Waals surface area contributed by atoms with Gasteiger partial charge in [0.05, 0.1) is 5.56 Å². The number of pyridine rings is 1. The van der Waals surface area contributed by atoms with Crippen molar-refractivity contribution in [2.24, 2.45) is 0 Å². The van der Waals surface area contributed by atoms with E-state index in [1.54, 1.807) is 36.4 Å². The summed E-state index contributed by atoms with van der Waals surface area (Å²) in [7, 11) is 0. The summed E-state index contributed by atoms with van der Waals surface area (Å²) in [4.78, 5) is 15.6. The van der Waals surface area contributed by atoms with Gasteiger partial charge in [0, 0.05) is 16.9 Å². The number of hydrogen-bond acceptors (Lipinski definition) is 2. The summed E-state index contributed by atoms with van der Waals surface area (Å²) in [5.74, 6) is -0.253. The first kappa shape index (κ1) is 11.9. The molecule has 0 radical (unpaired) electrons. The molecule has 17 heavy (non-hydrogen) atoms. The molecule has 0 fully saturated rings. The van der Waals surface area contributed by atoms with Crippen LogP contribution >= 0.6 is 23.2 Å². The summed E-state index contributed by atoms with van der Waals surface area (Å²) < 4.78 is 0. The van der Waals surface area contributed by atoms with Crippen molar-refractivity contribution in [3.63, 3.8) is 0 Å². The van der Waals surface area contributed by atoms with Crippen molar-refractivity contribution in [1.82, 2.24) is 4.98 Å². The smallest absolute Gasteiger partial charge is 0.257 e. The fourth-order valence-corrected chi connectivity index (χ4v) is 1.58. The lowest BCUT2D eigenvalue weighted by Gasteiger charge is -2.05. The molecule has 0 spiro atoms. The molecule has 2 rings (SSSR count). The minimum atomic E-state index is -0.253. The zero-order valence-electron chi connectivity index (χ0n) is 8.65. The zero-order chi connectivity index (χ0) is 12.3. The molecule has 3 nitrogen and oxygen atoms in total. The number of hydrogen-bond donors (Lipinski definition) is 1. The third kappa shape index (κ3) is 3.19. The van der Waals surface area contributed by atoms with Crippen LogP contribution in [-0.4, -0.2) is 10.9 Å². The van der Waals surface area contributed by atoms with Gasteiger partial charge in [0.15, 0.2) is 0 Å². The molecule has 1 heterocycles. The van der Waals surface area contributed by atoms with E-state index < -0.39 is 0 Å². The second-order valence-corrected chi connectivity index (χ2v) is 4.16. The highest BCUT2D eigenvalue weighted by Crippen LogP contribution is 2.16. The molecule has 1 aromatic carbocycles. The minimum Gasteiger partial charge on any atom is -0.322 e. The molecule has 5 heteroatoms. The van der Waals surface area contributed by atoms with E-state index in [9.17, 15) is 4.79 Å². The Hall–Kier alpha value is -1.58. The van der Waals surface area contributed by atoms with Crippen molar-refractivity contribution in [1.29, 1.82) is 0 Å². The lowest BCUT2D eigenvalue weighted by molar-refractivity contribution is 0.102. The van der Waals surface area contributed by atoms with Crippen molar-refractivity contribution in [3.8, 4) is 0 Å². The summed E-state index contributed by atoms with van der Waals surface area (Å²) in [6.45, 7) is 0. The molecule has 0 aliphatic heterocycles. The minimum absolute atomic E-state index is 0.253. The molecule has 1 N–H and O–H groups in total. The predicted molar refractivity (Wildman–Crippen MR) is 68.7 cm³/mol. The van der Waals surface area contributed by atoms with Crippen molar-refractivity contribution in [3.05, 3.63) is 58.3 Å². The topological polar surface area (TPSA) is 42.0 Å². The van der Waals surface area contributed by atoms with Crippen LogP contribution in [0.1, 0.15) is 10.4 Å². The summed E-state index contributed by atoms with van der Waals surface area (Å²) in [6.07, 6.45) is 1.42. The van der Waals surface area contributed by atoms with Crippen LogP contribution in [0.5, 0.6) is 0 Å². The number of carbonyl (C=O) groups excluding carboxylic acids is 1. The molecular formula is C12H8Cl2N2O. The Morgan fingerprint density at radius 1 is 1.18 bits per heavy atom. The number of amides is 1. The molecule has 2 aromatic rings. The van der Waals surface area contributed by atoms with Crippen molar-refractivity contribution < 1.29 is 4.79 Å². The highest BCUT2D eigenvalue weighted by molar-refractivity contribution is 6.31. The van der Waals surface area contributed by atoms with Gasteiger partial charge in [-0.2, -0.15) is 0 Å². The Morgan fingerprint density at radius 3 is 2.65 bits per heavy atom. The van der Waals surface area contributed by atoms with Crippen LogP contribution in [-0.2, 0) is 0 Å². The van der Waals surface area contributed by atoms with E-state index in [0.717, 1.165) is 0 Å². The second kappa shape index (κ2) is 5.17. The number of nitrogens with zero attached hydrogens (tertiary/aromatic N) is 1. The quantitative estimate of drug-likeness (QED) is 0.844. The van der Waals surface area contributed by atoms with Gasteiger partial charge in [-0.3, -0.25) is 4.79 Å². The Labute approximate surface area is 108 Å². The van der Waals surface area contributed by atoms with Gasteiger partial charge in [-0.15, -0.1) is 0 Å². The van der Waals surface area contributed by atoms with Crippen LogP contribution in [0.25, 0.3) is 0 Å². The molecule has 0 aliphatic rings. The number of rotatable bonds is 2. The monoisotopic (exact) mass is 266 g/mol. The molecule has 0 atom stereocenters. The number of nitrogens with one attached hydrogen (secondary N) is 1. The first-order valence-electron chi connectivity index (χ1n) is 4.83. The zero-order valence-corrected chi connectivity index (χ0v) is 10.2. The van der Waals surface area contributed by atoms with Gasteiger partial charge in [0.25, 0.3) is 5.91 Å². The highest BCUT2D eigenvalue weighted by atomic mass is 35.5. The fraction of sp³-hybridized carbons (Fsp3) is 0. The van der Waals surface area contributed by atoms with Crippen LogP contribution in [0.15, 0.2) is 42.6 Å². The fourth-order valence-electron chi connectivity index (χ4n) is 1.28. The first-order chi connectivity index (χ1) is 8.15. The Balaban J connectivity index is 2.14. The molecule has 0 saturated carbocycles. The van der Waals surface area contributed by atoms with Gasteiger partial charge in [-0.1, -0.05) is 29.3 Å². The SMILES string of the molecule is O=C(Nc1cccc(Cl)c1)c1ccc(Cl)nc1. The Bertz CT molecular complexity index is 540. The number of carbonyl (C=O) groups is 1. The molecule has 0 bridgehead atoms. The third-order valence-electron chi connectivity index (χ3n) is 2.07. The predicted octanol–water partition coefficient (Wildman–Crippen LogP) is 3.64. The molecule has 86 valence electrons. The number of halogens is 2. The lowest BCUT2D eigenvalue weighted by atomic mass is 10.2. The normalized spacial score (nSPS) is 10.0. The lowest BCUT2D eigenvalue weighted by Crippen LogP contribution is -2.11. The van der Waals surface area contributed by atoms with Crippen molar-refractivity contribution in [2.75, 3.05) is 5.32 Å². The maximum atomic E-state index is 11.8. The largest absolute Gasteiger partial charge is 0.322 e. The van der Waals surface area contributed by atoms with Crippen LogP contribution in [0.2, 0.25) is 10.2 Å². The number of aromatic nitrogens is 1. The van der Waals surface area contributed by atoms with Crippen molar-refractivity contribution >= 4 is 34.8 Å². The average Bonchev–Trinajstić information content (AvgIpc) is 2.29. The van der Waals surface area contributed by atoms with Crippen molar-refractivity contribution in [2.45, 2.75) is 0 Å². The van der Waals surface area contributed by atoms with Gasteiger partial charge in [0.2, 0.25) is 0 Å². The molecule has 0 aliphatic carbocycles. The van der Waals surface area contributed by atoms with Gasteiger partial charge in [-0.25, -0.2) is 4.98 Å². The molecule has 0 unspecified atom stereocenters. The number of anilines is 1. The number of benzene rings is 1. The third-order valence-corrected chi connectivity index (χ3v) is 2.53. The van der Waals surface area contributed by atoms with E-state index in [1.165, 1.54) is 6.20 Å². The molecule has 0 saturated heterocycles. The van der Waals surface area contributed by atoms with E-state index in [4.69, 9.17) is 23.2 Å². The second-order valence-electron chi connectivity index (χ2n) is 3.33. The van der Waals surface area contributed by atoms with Crippen LogP contribution in [0.4, 0.5) is 5.69 Å². The van der Waals surface area contributed by atoms with E-state index in [-0.39, 0.29) is 5.91 Å². The molecule has 1 aromatic heterocycles. The van der Waals surface area contributed by atoms with E-state index in [1.807, 2.05) is 0 Å². The van der Waals surface area contributed by atoms with Gasteiger partial charge in [-0.05, 0) is 30.3 Å². The van der Waals surface area contributed by atoms with E-state index >= 15 is 0 Å². The van der Waals surface area contributed by atoms with Crippen LogP contribution in [0, 0.1) is 0 Å². The Kier molecular flexibility index (Phi) is 3.61. The maximum Gasteiger partial charge on any atom is 0.257 e. The summed E-state index contributed by atoms with van der Waals surface area (Å²) in [5.41, 5.74) is 1.08. The molecule has 1 amide bonds. The van der Waals surface area contributed by atoms with Crippen LogP contribution in [0.3, 0.4) is 0 Å².